The molecule has 1 aromatic rings. The van der Waals surface area contributed by atoms with Crippen LogP contribution in [0.15, 0.2) is 18.2 Å². The Labute approximate surface area is 115 Å². The maximum absolute atomic E-state index is 13.4. The van der Waals surface area contributed by atoms with Crippen molar-refractivity contribution in [3.63, 3.8) is 0 Å². The number of hydrogen-bond donors (Lipinski definition) is 2. The van der Waals surface area contributed by atoms with E-state index in [2.05, 4.69) is 15.6 Å². The van der Waals surface area contributed by atoms with E-state index in [-0.39, 0.29) is 17.1 Å². The van der Waals surface area contributed by atoms with Crippen molar-refractivity contribution in [2.24, 2.45) is 0 Å². The summed E-state index contributed by atoms with van der Waals surface area (Å²) in [5, 5.41) is 2.88. The Hall–Kier alpha value is -1.53. The number of carbonyl (C=O) groups excluding carboxylic acids is 1. The number of urea groups is 1. The van der Waals surface area contributed by atoms with Gasteiger partial charge in [-0.3, -0.25) is 4.84 Å². The fourth-order valence-electron chi connectivity index (χ4n) is 2.10. The third-order valence-corrected chi connectivity index (χ3v) is 3.29. The standard InChI is InChI=1S/C12H15ClFN3O2/c1-19-16-12(18)15-8-4-5-17(7-8)9-2-3-10(13)11(14)6-9/h2-3,6,8H,4-5,7H2,1H3,(H2,15,16,18). The van der Waals surface area contributed by atoms with Crippen LogP contribution in [0.2, 0.25) is 5.02 Å². The van der Waals surface area contributed by atoms with E-state index in [4.69, 9.17) is 11.6 Å². The number of amides is 2. The van der Waals surface area contributed by atoms with Gasteiger partial charge < -0.3 is 10.2 Å². The van der Waals surface area contributed by atoms with Crippen molar-refractivity contribution in [2.75, 3.05) is 25.1 Å². The van der Waals surface area contributed by atoms with E-state index in [1.807, 2.05) is 4.90 Å². The molecule has 0 spiro atoms. The van der Waals surface area contributed by atoms with E-state index in [9.17, 15) is 9.18 Å². The molecule has 19 heavy (non-hydrogen) atoms. The van der Waals surface area contributed by atoms with E-state index in [0.29, 0.717) is 6.54 Å². The van der Waals surface area contributed by atoms with Gasteiger partial charge >= 0.3 is 6.03 Å². The zero-order chi connectivity index (χ0) is 13.8. The van der Waals surface area contributed by atoms with E-state index in [1.165, 1.54) is 19.2 Å². The van der Waals surface area contributed by atoms with Crippen LogP contribution in [0.1, 0.15) is 6.42 Å². The van der Waals surface area contributed by atoms with Crippen molar-refractivity contribution < 1.29 is 14.0 Å². The van der Waals surface area contributed by atoms with E-state index >= 15 is 0 Å². The van der Waals surface area contributed by atoms with E-state index in [1.54, 1.807) is 6.07 Å². The van der Waals surface area contributed by atoms with Gasteiger partial charge in [0.05, 0.1) is 12.1 Å². The van der Waals surface area contributed by atoms with Crippen molar-refractivity contribution in [2.45, 2.75) is 12.5 Å². The van der Waals surface area contributed by atoms with Crippen LogP contribution in [0.5, 0.6) is 0 Å². The number of nitrogens with zero attached hydrogens (tertiary/aromatic N) is 1. The fourth-order valence-corrected chi connectivity index (χ4v) is 2.22. The Morgan fingerprint density at radius 1 is 1.58 bits per heavy atom. The summed E-state index contributed by atoms with van der Waals surface area (Å²) in [6, 6.07) is 4.33. The van der Waals surface area contributed by atoms with Gasteiger partial charge in [0.25, 0.3) is 0 Å². The quantitative estimate of drug-likeness (QED) is 0.835. The number of carbonyl (C=O) groups is 1. The highest BCUT2D eigenvalue weighted by atomic mass is 35.5. The largest absolute Gasteiger partial charge is 0.369 e. The lowest BCUT2D eigenvalue weighted by molar-refractivity contribution is 0.106. The molecule has 104 valence electrons. The first-order chi connectivity index (χ1) is 9.10. The predicted molar refractivity (Wildman–Crippen MR) is 70.7 cm³/mol. The summed E-state index contributed by atoms with van der Waals surface area (Å²) in [6.07, 6.45) is 0.793. The first-order valence-corrected chi connectivity index (χ1v) is 6.27. The highest BCUT2D eigenvalue weighted by Gasteiger charge is 2.24. The molecule has 1 heterocycles. The van der Waals surface area contributed by atoms with Gasteiger partial charge in [0, 0.05) is 24.8 Å². The Balaban J connectivity index is 1.94. The zero-order valence-corrected chi connectivity index (χ0v) is 11.2. The molecule has 5 nitrogen and oxygen atoms in total. The van der Waals surface area contributed by atoms with E-state index < -0.39 is 5.82 Å². The molecule has 1 aliphatic rings. The fraction of sp³-hybridized carbons (Fsp3) is 0.417. The molecule has 1 fully saturated rings. The second-order valence-electron chi connectivity index (χ2n) is 4.31. The van der Waals surface area contributed by atoms with Gasteiger partial charge in [-0.25, -0.2) is 14.7 Å². The van der Waals surface area contributed by atoms with Gasteiger partial charge in [0.1, 0.15) is 5.82 Å². The molecule has 1 saturated heterocycles. The summed E-state index contributed by atoms with van der Waals surface area (Å²) in [4.78, 5) is 17.8. The molecular formula is C12H15ClFN3O2. The van der Waals surface area contributed by atoms with Gasteiger partial charge in [-0.2, -0.15) is 0 Å². The molecule has 0 aliphatic carbocycles. The number of benzene rings is 1. The molecule has 1 atom stereocenters. The monoisotopic (exact) mass is 287 g/mol. The van der Waals surface area contributed by atoms with Crippen LogP contribution in [0, 0.1) is 5.82 Å². The summed E-state index contributed by atoms with van der Waals surface area (Å²) in [6.45, 7) is 1.37. The number of hydrogen-bond acceptors (Lipinski definition) is 3. The number of halogens is 2. The first kappa shape index (κ1) is 13.9. The topological polar surface area (TPSA) is 53.6 Å². The number of nitrogens with one attached hydrogen (secondary N) is 2. The van der Waals surface area contributed by atoms with Crippen molar-refractivity contribution in [1.29, 1.82) is 0 Å². The van der Waals surface area contributed by atoms with Gasteiger partial charge in [-0.05, 0) is 24.6 Å². The summed E-state index contributed by atoms with van der Waals surface area (Å²) >= 11 is 5.65. The smallest absolute Gasteiger partial charge is 0.338 e. The van der Waals surface area contributed by atoms with Crippen LogP contribution >= 0.6 is 11.6 Å². The SMILES string of the molecule is CONC(=O)NC1CCN(c2ccc(Cl)c(F)c2)C1. The summed E-state index contributed by atoms with van der Waals surface area (Å²) in [5.74, 6) is -0.437. The molecule has 2 N–H and O–H groups in total. The summed E-state index contributed by atoms with van der Waals surface area (Å²) in [7, 11) is 1.37. The molecule has 0 saturated carbocycles. The van der Waals surface area contributed by atoms with Crippen molar-refractivity contribution in [3.05, 3.63) is 29.0 Å². The van der Waals surface area contributed by atoms with Gasteiger partial charge in [-0.15, -0.1) is 0 Å². The first-order valence-electron chi connectivity index (χ1n) is 5.89. The van der Waals surface area contributed by atoms with Crippen LogP contribution in [0.4, 0.5) is 14.9 Å². The molecule has 1 unspecified atom stereocenters. The summed E-state index contributed by atoms with van der Waals surface area (Å²) < 4.78 is 13.4. The molecule has 0 bridgehead atoms. The molecule has 1 aromatic carbocycles. The van der Waals surface area contributed by atoms with Crippen LogP contribution < -0.4 is 15.7 Å². The summed E-state index contributed by atoms with van der Waals surface area (Å²) in [5.41, 5.74) is 2.96. The number of hydroxylamine groups is 1. The second kappa shape index (κ2) is 6.08. The lowest BCUT2D eigenvalue weighted by Gasteiger charge is -2.19. The maximum Gasteiger partial charge on any atom is 0.338 e. The van der Waals surface area contributed by atoms with Gasteiger partial charge in [0.2, 0.25) is 0 Å². The predicted octanol–water partition coefficient (Wildman–Crippen LogP) is 1.92. The van der Waals surface area contributed by atoms with Crippen molar-refractivity contribution >= 4 is 23.3 Å². The van der Waals surface area contributed by atoms with Gasteiger partial charge in [0.15, 0.2) is 0 Å². The molecule has 0 aromatic heterocycles. The van der Waals surface area contributed by atoms with Crippen LogP contribution in [-0.2, 0) is 4.84 Å². The van der Waals surface area contributed by atoms with Gasteiger partial charge in [-0.1, -0.05) is 11.6 Å². The Bertz CT molecular complexity index is 472. The Morgan fingerprint density at radius 2 is 2.37 bits per heavy atom. The third-order valence-electron chi connectivity index (χ3n) is 2.99. The molecule has 7 heteroatoms. The molecule has 2 amide bonds. The highest BCUT2D eigenvalue weighted by molar-refractivity contribution is 6.30. The minimum Gasteiger partial charge on any atom is -0.369 e. The van der Waals surface area contributed by atoms with Crippen LogP contribution in [0.25, 0.3) is 0 Å². The Kier molecular flexibility index (Phi) is 4.44. The lowest BCUT2D eigenvalue weighted by atomic mass is 10.2. The van der Waals surface area contributed by atoms with Crippen LogP contribution in [-0.4, -0.2) is 32.3 Å². The molecule has 0 radical (unpaired) electrons. The maximum atomic E-state index is 13.4. The normalized spacial score (nSPS) is 18.5. The minimum absolute atomic E-state index is 0.00823. The average molecular weight is 288 g/mol. The number of anilines is 1. The highest BCUT2D eigenvalue weighted by Crippen LogP contribution is 2.24. The third kappa shape index (κ3) is 3.48. The minimum atomic E-state index is -0.437. The molecular weight excluding hydrogens is 273 g/mol. The Morgan fingerprint density at radius 3 is 3.05 bits per heavy atom. The zero-order valence-electron chi connectivity index (χ0n) is 10.5. The number of rotatable bonds is 3. The van der Waals surface area contributed by atoms with Crippen molar-refractivity contribution in [1.82, 2.24) is 10.8 Å². The second-order valence-corrected chi connectivity index (χ2v) is 4.72. The van der Waals surface area contributed by atoms with Crippen molar-refractivity contribution in [3.8, 4) is 0 Å². The van der Waals surface area contributed by atoms with Crippen LogP contribution in [0.3, 0.4) is 0 Å². The average Bonchev–Trinajstić information content (AvgIpc) is 2.81. The molecule has 2 rings (SSSR count). The molecule has 1 aliphatic heterocycles. The van der Waals surface area contributed by atoms with E-state index in [0.717, 1.165) is 18.7 Å². The lowest BCUT2D eigenvalue weighted by Crippen LogP contribution is -2.42.